The van der Waals surface area contributed by atoms with E-state index in [0.717, 1.165) is 23.7 Å². The monoisotopic (exact) mass is 198 g/mol. The average Bonchev–Trinajstić information content (AvgIpc) is 2.15. The van der Waals surface area contributed by atoms with Gasteiger partial charge in [0.05, 0.1) is 0 Å². The highest BCUT2D eigenvalue weighted by Crippen LogP contribution is 2.29. The number of hydrogen-bond donors (Lipinski definition) is 0. The van der Waals surface area contributed by atoms with Gasteiger partial charge in [0, 0.05) is 0 Å². The van der Waals surface area contributed by atoms with Crippen LogP contribution in [0.25, 0.3) is 0 Å². The molecule has 86 valence electrons. The fraction of sp³-hybridized carbons (Fsp3) is 1.00. The van der Waals surface area contributed by atoms with Crippen molar-refractivity contribution in [2.75, 3.05) is 0 Å². The smallest absolute Gasteiger partial charge is 0.0391 e. The summed E-state index contributed by atoms with van der Waals surface area (Å²) in [6.07, 6.45) is 5.48. The Bertz CT molecular complexity index is 128. The van der Waals surface area contributed by atoms with E-state index in [1.807, 2.05) is 0 Å². The van der Waals surface area contributed by atoms with Gasteiger partial charge < -0.3 is 0 Å². The zero-order valence-electron chi connectivity index (χ0n) is 11.1. The lowest BCUT2D eigenvalue weighted by molar-refractivity contribution is 0.231. The summed E-state index contributed by atoms with van der Waals surface area (Å²) in [5, 5.41) is 0. The molecule has 0 aromatic rings. The molecule has 0 aromatic carbocycles. The van der Waals surface area contributed by atoms with Crippen LogP contribution in [0.5, 0.6) is 0 Å². The molecule has 0 aliphatic rings. The zero-order valence-corrected chi connectivity index (χ0v) is 11.1. The Hall–Kier alpha value is 0. The van der Waals surface area contributed by atoms with Crippen molar-refractivity contribution in [3.8, 4) is 0 Å². The van der Waals surface area contributed by atoms with Crippen LogP contribution in [0.4, 0.5) is 0 Å². The maximum absolute atomic E-state index is 2.43. The van der Waals surface area contributed by atoms with Crippen molar-refractivity contribution in [1.29, 1.82) is 0 Å². The fourth-order valence-electron chi connectivity index (χ4n) is 2.39. The molecular formula is C14H30. The second-order valence-electron chi connectivity index (χ2n) is 5.35. The Labute approximate surface area is 91.5 Å². The van der Waals surface area contributed by atoms with Crippen molar-refractivity contribution in [3.05, 3.63) is 0 Å². The lowest BCUT2D eigenvalue weighted by Crippen LogP contribution is -2.18. The van der Waals surface area contributed by atoms with E-state index < -0.39 is 0 Å². The van der Waals surface area contributed by atoms with Crippen molar-refractivity contribution >= 4 is 0 Å². The van der Waals surface area contributed by atoms with Crippen molar-refractivity contribution in [2.45, 2.75) is 67.2 Å². The Morgan fingerprint density at radius 2 is 1.43 bits per heavy atom. The molecule has 0 heterocycles. The summed E-state index contributed by atoms with van der Waals surface area (Å²) in [6.45, 7) is 14.3. The molecule has 4 atom stereocenters. The van der Waals surface area contributed by atoms with Gasteiger partial charge in [0.25, 0.3) is 0 Å². The highest BCUT2D eigenvalue weighted by atomic mass is 14.2. The maximum atomic E-state index is 2.43. The largest absolute Gasteiger partial charge is 0.0654 e. The van der Waals surface area contributed by atoms with Crippen LogP contribution < -0.4 is 0 Å². The van der Waals surface area contributed by atoms with Crippen LogP contribution in [-0.2, 0) is 0 Å². The first-order valence-electron chi connectivity index (χ1n) is 6.52. The zero-order chi connectivity index (χ0) is 11.1. The van der Waals surface area contributed by atoms with E-state index in [1.54, 1.807) is 0 Å². The van der Waals surface area contributed by atoms with Crippen molar-refractivity contribution in [1.82, 2.24) is 0 Å². The normalized spacial score (nSPS) is 20.1. The van der Waals surface area contributed by atoms with Gasteiger partial charge in [-0.15, -0.1) is 0 Å². The molecule has 0 fully saturated rings. The predicted octanol–water partition coefficient (Wildman–Crippen LogP) is 5.13. The quantitative estimate of drug-likeness (QED) is 0.532. The molecule has 0 aliphatic heterocycles. The Balaban J connectivity index is 3.87. The maximum Gasteiger partial charge on any atom is -0.0391 e. The SMILES string of the molecule is CCCC(C)CC(C)C(C)C(C)CC. The molecule has 4 unspecified atom stereocenters. The Morgan fingerprint density at radius 3 is 1.86 bits per heavy atom. The Kier molecular flexibility index (Phi) is 7.31. The first-order chi connectivity index (χ1) is 6.52. The average molecular weight is 198 g/mol. The summed E-state index contributed by atoms with van der Waals surface area (Å²) >= 11 is 0. The summed E-state index contributed by atoms with van der Waals surface area (Å²) in [6, 6.07) is 0. The lowest BCUT2D eigenvalue weighted by atomic mass is 9.79. The third-order valence-electron chi connectivity index (χ3n) is 3.99. The molecule has 0 amide bonds. The van der Waals surface area contributed by atoms with E-state index in [-0.39, 0.29) is 0 Å². The molecule has 0 nitrogen and oxygen atoms in total. The number of hydrogen-bond acceptors (Lipinski definition) is 0. The summed E-state index contributed by atoms with van der Waals surface area (Å²) in [5.41, 5.74) is 0. The van der Waals surface area contributed by atoms with Crippen molar-refractivity contribution < 1.29 is 0 Å². The van der Waals surface area contributed by atoms with Gasteiger partial charge in [-0.2, -0.15) is 0 Å². The van der Waals surface area contributed by atoms with E-state index in [4.69, 9.17) is 0 Å². The van der Waals surface area contributed by atoms with E-state index >= 15 is 0 Å². The van der Waals surface area contributed by atoms with Gasteiger partial charge in [-0.3, -0.25) is 0 Å². The molecule has 0 saturated carbocycles. The van der Waals surface area contributed by atoms with E-state index in [0.29, 0.717) is 0 Å². The molecule has 0 radical (unpaired) electrons. The van der Waals surface area contributed by atoms with Crippen molar-refractivity contribution in [2.24, 2.45) is 23.7 Å². The summed E-state index contributed by atoms with van der Waals surface area (Å²) < 4.78 is 0. The van der Waals surface area contributed by atoms with Gasteiger partial charge in [-0.1, -0.05) is 60.8 Å². The molecule has 0 aromatic heterocycles. The molecule has 0 aliphatic carbocycles. The molecule has 0 heteroatoms. The van der Waals surface area contributed by atoms with Crippen LogP contribution in [-0.4, -0.2) is 0 Å². The fourth-order valence-corrected chi connectivity index (χ4v) is 2.39. The van der Waals surface area contributed by atoms with Gasteiger partial charge in [0.15, 0.2) is 0 Å². The van der Waals surface area contributed by atoms with Gasteiger partial charge in [0.1, 0.15) is 0 Å². The van der Waals surface area contributed by atoms with Crippen LogP contribution in [0.1, 0.15) is 67.2 Å². The van der Waals surface area contributed by atoms with Crippen LogP contribution >= 0.6 is 0 Å². The highest BCUT2D eigenvalue weighted by Gasteiger charge is 2.19. The molecule has 0 spiro atoms. The van der Waals surface area contributed by atoms with Gasteiger partial charge in [-0.25, -0.2) is 0 Å². The van der Waals surface area contributed by atoms with Crippen LogP contribution in [0, 0.1) is 23.7 Å². The lowest BCUT2D eigenvalue weighted by Gasteiger charge is -2.27. The van der Waals surface area contributed by atoms with Gasteiger partial charge in [0.2, 0.25) is 0 Å². The van der Waals surface area contributed by atoms with E-state index in [9.17, 15) is 0 Å². The number of rotatable bonds is 7. The minimum atomic E-state index is 0.888. The minimum Gasteiger partial charge on any atom is -0.0654 e. The van der Waals surface area contributed by atoms with Gasteiger partial charge in [-0.05, 0) is 30.1 Å². The first-order valence-corrected chi connectivity index (χ1v) is 6.52. The molecular weight excluding hydrogens is 168 g/mol. The third-order valence-corrected chi connectivity index (χ3v) is 3.99. The molecule has 0 rings (SSSR count). The third kappa shape index (κ3) is 5.02. The summed E-state index contributed by atoms with van der Waals surface area (Å²) in [7, 11) is 0. The van der Waals surface area contributed by atoms with E-state index in [1.165, 1.54) is 25.7 Å². The molecule has 0 saturated heterocycles. The van der Waals surface area contributed by atoms with Crippen LogP contribution in [0.15, 0.2) is 0 Å². The standard InChI is InChI=1S/C14H30/c1-7-9-11(3)10-13(5)14(6)12(4)8-2/h11-14H,7-10H2,1-6H3. The topological polar surface area (TPSA) is 0 Å². The second-order valence-corrected chi connectivity index (χ2v) is 5.35. The molecule has 14 heavy (non-hydrogen) atoms. The summed E-state index contributed by atoms with van der Waals surface area (Å²) in [4.78, 5) is 0. The minimum absolute atomic E-state index is 0.888. The van der Waals surface area contributed by atoms with Gasteiger partial charge >= 0.3 is 0 Å². The highest BCUT2D eigenvalue weighted by molar-refractivity contribution is 4.69. The Morgan fingerprint density at radius 1 is 0.857 bits per heavy atom. The van der Waals surface area contributed by atoms with Crippen LogP contribution in [0.3, 0.4) is 0 Å². The predicted molar refractivity (Wildman–Crippen MR) is 66.5 cm³/mol. The second kappa shape index (κ2) is 7.31. The first kappa shape index (κ1) is 14.0. The molecule has 0 N–H and O–H groups in total. The van der Waals surface area contributed by atoms with E-state index in [2.05, 4.69) is 41.5 Å². The van der Waals surface area contributed by atoms with Crippen LogP contribution in [0.2, 0.25) is 0 Å². The summed E-state index contributed by atoms with van der Waals surface area (Å²) in [5.74, 6) is 3.59. The molecule has 0 bridgehead atoms. The van der Waals surface area contributed by atoms with Crippen molar-refractivity contribution in [3.63, 3.8) is 0 Å².